The van der Waals surface area contributed by atoms with E-state index in [-0.39, 0.29) is 17.7 Å². The van der Waals surface area contributed by atoms with Crippen molar-refractivity contribution < 1.29 is 43.3 Å². The van der Waals surface area contributed by atoms with Gasteiger partial charge in [-0.2, -0.15) is 0 Å². The molecule has 1 heterocycles. The summed E-state index contributed by atoms with van der Waals surface area (Å²) in [6.07, 6.45) is -2.63. The Morgan fingerprint density at radius 2 is 1.79 bits per heavy atom. The van der Waals surface area contributed by atoms with Crippen molar-refractivity contribution in [3.63, 3.8) is 0 Å². The Hall–Kier alpha value is -3.63. The molecule has 186 valence electrons. The summed E-state index contributed by atoms with van der Waals surface area (Å²) in [5.41, 5.74) is -0.227. The van der Waals surface area contributed by atoms with Crippen LogP contribution in [0.5, 0.6) is 5.75 Å². The Balaban J connectivity index is 2.33. The molecule has 0 radical (unpaired) electrons. The first-order chi connectivity index (χ1) is 16.0. The lowest BCUT2D eigenvalue weighted by Crippen LogP contribution is -2.50. The number of carbonyl (C=O) groups is 5. The van der Waals surface area contributed by atoms with E-state index < -0.39 is 65.8 Å². The van der Waals surface area contributed by atoms with Crippen molar-refractivity contribution >= 4 is 35.9 Å². The van der Waals surface area contributed by atoms with E-state index in [4.69, 9.17) is 14.2 Å². The second kappa shape index (κ2) is 11.5. The summed E-state index contributed by atoms with van der Waals surface area (Å²) in [7, 11) is 0. The maximum absolute atomic E-state index is 12.9. The lowest BCUT2D eigenvalue weighted by molar-refractivity contribution is -0.176. The fourth-order valence-corrected chi connectivity index (χ4v) is 3.46. The molecule has 11 nitrogen and oxygen atoms in total. The molecule has 0 aliphatic carbocycles. The Labute approximate surface area is 197 Å². The van der Waals surface area contributed by atoms with Crippen LogP contribution in [0.3, 0.4) is 0 Å². The number of aromatic hydroxyl groups is 1. The van der Waals surface area contributed by atoms with Crippen molar-refractivity contribution in [2.24, 2.45) is 11.8 Å². The number of amides is 2. The number of rotatable bonds is 7. The standard InChI is InChI=1S/C23H30N2O9/c1-6-14-19(34-21(29)11(2)3)13(5)33-23(31)17(12(4)32-22(14)30)25-20(28)15-8-7-9-16(18(15)27)24-10-26/h7-14,17,19,27H,6H2,1-5H3,(H,24,26)(H,25,28)/t12-,13+,14-,17+,19+/m1/s1. The largest absolute Gasteiger partial charge is 0.505 e. The van der Waals surface area contributed by atoms with Gasteiger partial charge in [-0.1, -0.05) is 26.8 Å². The van der Waals surface area contributed by atoms with E-state index in [1.165, 1.54) is 32.0 Å². The van der Waals surface area contributed by atoms with Gasteiger partial charge in [0.15, 0.2) is 17.9 Å². The van der Waals surface area contributed by atoms with Crippen molar-refractivity contribution in [1.82, 2.24) is 5.32 Å². The Bertz CT molecular complexity index is 946. The van der Waals surface area contributed by atoms with Crippen molar-refractivity contribution in [3.05, 3.63) is 23.8 Å². The zero-order valence-electron chi connectivity index (χ0n) is 19.7. The maximum Gasteiger partial charge on any atom is 0.332 e. The fourth-order valence-electron chi connectivity index (χ4n) is 3.46. The number of phenols is 1. The van der Waals surface area contributed by atoms with Gasteiger partial charge in [0.05, 0.1) is 23.1 Å². The molecular formula is C23H30N2O9. The number of nitrogens with one attached hydrogen (secondary N) is 2. The highest BCUT2D eigenvalue weighted by Crippen LogP contribution is 2.28. The van der Waals surface area contributed by atoms with Crippen LogP contribution < -0.4 is 10.6 Å². The van der Waals surface area contributed by atoms with Gasteiger partial charge >= 0.3 is 17.9 Å². The third-order valence-corrected chi connectivity index (χ3v) is 5.43. The Morgan fingerprint density at radius 1 is 1.15 bits per heavy atom. The number of anilines is 1. The van der Waals surface area contributed by atoms with E-state index in [2.05, 4.69) is 10.6 Å². The van der Waals surface area contributed by atoms with Crippen LogP contribution in [-0.2, 0) is 33.4 Å². The van der Waals surface area contributed by atoms with Crippen LogP contribution in [0.4, 0.5) is 5.69 Å². The first kappa shape index (κ1) is 26.6. The van der Waals surface area contributed by atoms with Crippen LogP contribution in [0, 0.1) is 11.8 Å². The second-order valence-electron chi connectivity index (χ2n) is 8.27. The average Bonchev–Trinajstić information content (AvgIpc) is 2.80. The Kier molecular flexibility index (Phi) is 8.99. The monoisotopic (exact) mass is 478 g/mol. The summed E-state index contributed by atoms with van der Waals surface area (Å²) >= 11 is 0. The molecule has 3 N–H and O–H groups in total. The maximum atomic E-state index is 12.9. The molecule has 5 atom stereocenters. The van der Waals surface area contributed by atoms with Gasteiger partial charge < -0.3 is 30.0 Å². The topological polar surface area (TPSA) is 157 Å². The minimum Gasteiger partial charge on any atom is -0.505 e. The zero-order chi connectivity index (χ0) is 25.6. The Morgan fingerprint density at radius 3 is 2.38 bits per heavy atom. The number of hydrogen-bond donors (Lipinski definition) is 3. The molecule has 11 heteroatoms. The van der Waals surface area contributed by atoms with Gasteiger partial charge in [-0.3, -0.25) is 19.2 Å². The molecule has 0 bridgehead atoms. The molecule has 1 aromatic carbocycles. The first-order valence-electron chi connectivity index (χ1n) is 11.0. The quantitative estimate of drug-likeness (QED) is 0.229. The molecular weight excluding hydrogens is 448 g/mol. The van der Waals surface area contributed by atoms with Gasteiger partial charge in [0.2, 0.25) is 6.41 Å². The average molecular weight is 478 g/mol. The van der Waals surface area contributed by atoms with E-state index in [1.54, 1.807) is 20.8 Å². The minimum atomic E-state index is -1.42. The summed E-state index contributed by atoms with van der Waals surface area (Å²) in [6, 6.07) is 2.67. The van der Waals surface area contributed by atoms with Crippen LogP contribution in [0.25, 0.3) is 0 Å². The van der Waals surface area contributed by atoms with Crippen LogP contribution >= 0.6 is 0 Å². The van der Waals surface area contributed by atoms with Crippen molar-refractivity contribution in [2.75, 3.05) is 5.32 Å². The highest BCUT2D eigenvalue weighted by molar-refractivity contribution is 6.01. The molecule has 1 fully saturated rings. The molecule has 0 unspecified atom stereocenters. The SMILES string of the molecule is CC[C@H]1C(=O)O[C@H](C)[C@H](NC(=O)c2cccc(NC=O)c2O)C(=O)O[C@@H](C)[C@@H]1OC(=O)C(C)C. The molecule has 0 saturated carbocycles. The minimum absolute atomic E-state index is 0.00612. The van der Waals surface area contributed by atoms with E-state index in [1.807, 2.05) is 0 Å². The number of esters is 3. The summed E-state index contributed by atoms with van der Waals surface area (Å²) in [6.45, 7) is 7.88. The summed E-state index contributed by atoms with van der Waals surface area (Å²) in [5, 5.41) is 14.9. The van der Waals surface area contributed by atoms with Gasteiger partial charge in [0.1, 0.15) is 12.2 Å². The number of carbonyl (C=O) groups excluding carboxylic acids is 5. The molecule has 34 heavy (non-hydrogen) atoms. The number of benzene rings is 1. The third-order valence-electron chi connectivity index (χ3n) is 5.43. The van der Waals surface area contributed by atoms with Crippen LogP contribution in [-0.4, -0.2) is 59.7 Å². The molecule has 0 spiro atoms. The number of hydrogen-bond acceptors (Lipinski definition) is 9. The van der Waals surface area contributed by atoms with E-state index in [0.29, 0.717) is 6.41 Å². The van der Waals surface area contributed by atoms with Crippen LogP contribution in [0.2, 0.25) is 0 Å². The molecule has 1 aliphatic rings. The normalized spacial score (nSPS) is 25.2. The zero-order valence-corrected chi connectivity index (χ0v) is 19.7. The second-order valence-corrected chi connectivity index (χ2v) is 8.27. The lowest BCUT2D eigenvalue weighted by Gasteiger charge is -2.29. The van der Waals surface area contributed by atoms with Gasteiger partial charge in [0.25, 0.3) is 5.91 Å². The molecule has 2 rings (SSSR count). The van der Waals surface area contributed by atoms with Crippen LogP contribution in [0.15, 0.2) is 18.2 Å². The third kappa shape index (κ3) is 6.03. The van der Waals surface area contributed by atoms with E-state index in [0.717, 1.165) is 0 Å². The highest BCUT2D eigenvalue weighted by Gasteiger charge is 2.43. The number of phenolic OH excluding ortho intramolecular Hbond substituents is 1. The molecule has 2 amide bonds. The highest BCUT2D eigenvalue weighted by atomic mass is 16.6. The predicted octanol–water partition coefficient (Wildman–Crippen LogP) is 1.53. The number of cyclic esters (lactones) is 2. The van der Waals surface area contributed by atoms with Gasteiger partial charge in [0, 0.05) is 0 Å². The summed E-state index contributed by atoms with van der Waals surface area (Å²) in [5.74, 6) is -4.90. The smallest absolute Gasteiger partial charge is 0.332 e. The van der Waals surface area contributed by atoms with Crippen LogP contribution in [0.1, 0.15) is 51.4 Å². The first-order valence-corrected chi connectivity index (χ1v) is 11.0. The van der Waals surface area contributed by atoms with Gasteiger partial charge in [-0.05, 0) is 32.4 Å². The molecule has 1 aromatic rings. The number of ether oxygens (including phenoxy) is 3. The van der Waals surface area contributed by atoms with E-state index in [9.17, 15) is 29.1 Å². The van der Waals surface area contributed by atoms with E-state index >= 15 is 0 Å². The number of para-hydroxylation sites is 1. The molecule has 1 aliphatic heterocycles. The van der Waals surface area contributed by atoms with Crippen molar-refractivity contribution in [3.8, 4) is 5.75 Å². The molecule has 0 aromatic heterocycles. The van der Waals surface area contributed by atoms with Gasteiger partial charge in [-0.15, -0.1) is 0 Å². The summed E-state index contributed by atoms with van der Waals surface area (Å²) in [4.78, 5) is 61.5. The van der Waals surface area contributed by atoms with Gasteiger partial charge in [-0.25, -0.2) is 4.79 Å². The fraction of sp³-hybridized carbons (Fsp3) is 0.522. The predicted molar refractivity (Wildman–Crippen MR) is 119 cm³/mol. The summed E-state index contributed by atoms with van der Waals surface area (Å²) < 4.78 is 16.4. The van der Waals surface area contributed by atoms with Crippen molar-refractivity contribution in [1.29, 1.82) is 0 Å². The lowest BCUT2D eigenvalue weighted by atomic mass is 9.95. The van der Waals surface area contributed by atoms with Crippen molar-refractivity contribution in [2.45, 2.75) is 65.4 Å². The molecule has 1 saturated heterocycles.